The summed E-state index contributed by atoms with van der Waals surface area (Å²) in [4.78, 5) is 0.221. The number of nitrogens with two attached hydrogens (primary N) is 1. The Morgan fingerprint density at radius 3 is 2.46 bits per heavy atom. The van der Waals surface area contributed by atoms with Crippen molar-refractivity contribution >= 4 is 33.2 Å². The Morgan fingerprint density at radius 2 is 1.79 bits per heavy atom. The fourth-order valence-corrected chi connectivity index (χ4v) is 3.49. The molecule has 0 fully saturated rings. The molecule has 0 saturated heterocycles. The van der Waals surface area contributed by atoms with Gasteiger partial charge in [-0.05, 0) is 19.1 Å². The molecule has 0 aliphatic carbocycles. The Morgan fingerprint density at radius 1 is 1.08 bits per heavy atom. The SMILES string of the molecule is CCOCCOc1ccc(S(=O)(=O)NCCN)c2ccccc12.Cl. The predicted octanol–water partition coefficient (Wildman–Crippen LogP) is 1.91. The normalized spacial score (nSPS) is 11.2. The Hall–Kier alpha value is -1.38. The van der Waals surface area contributed by atoms with E-state index in [1.54, 1.807) is 24.3 Å². The lowest BCUT2D eigenvalue weighted by Gasteiger charge is -2.13. The molecule has 2 aromatic carbocycles. The highest BCUT2D eigenvalue weighted by Crippen LogP contribution is 2.30. The summed E-state index contributed by atoms with van der Waals surface area (Å²) in [5, 5.41) is 1.37. The Bertz CT molecular complexity index is 753. The van der Waals surface area contributed by atoms with Crippen LogP contribution in [-0.2, 0) is 14.8 Å². The maximum absolute atomic E-state index is 12.4. The first-order valence-corrected chi connectivity index (χ1v) is 9.00. The molecule has 0 unspecified atom stereocenters. The molecule has 3 N–H and O–H groups in total. The summed E-state index contributed by atoms with van der Waals surface area (Å²) in [7, 11) is -3.61. The number of sulfonamides is 1. The van der Waals surface area contributed by atoms with Gasteiger partial charge >= 0.3 is 0 Å². The van der Waals surface area contributed by atoms with Crippen molar-refractivity contribution in [2.45, 2.75) is 11.8 Å². The molecule has 0 spiro atoms. The smallest absolute Gasteiger partial charge is 0.241 e. The Labute approximate surface area is 148 Å². The molecule has 2 aromatic rings. The lowest BCUT2D eigenvalue weighted by molar-refractivity contribution is 0.111. The summed E-state index contributed by atoms with van der Waals surface area (Å²) >= 11 is 0. The third-order valence-electron chi connectivity index (χ3n) is 3.26. The standard InChI is InChI=1S/C16H22N2O4S.ClH/c1-2-21-11-12-22-15-7-8-16(23(19,20)18-10-9-17)14-6-4-3-5-13(14)15;/h3-8,18H,2,9-12,17H2,1H3;1H. The largest absolute Gasteiger partial charge is 0.491 e. The van der Waals surface area contributed by atoms with Gasteiger partial charge in [0.2, 0.25) is 10.0 Å². The number of halogens is 1. The van der Waals surface area contributed by atoms with Crippen molar-refractivity contribution < 1.29 is 17.9 Å². The number of ether oxygens (including phenoxy) is 2. The number of benzene rings is 2. The number of hydrogen-bond acceptors (Lipinski definition) is 5. The second-order valence-corrected chi connectivity index (χ2v) is 6.57. The predicted molar refractivity (Wildman–Crippen MR) is 97.4 cm³/mol. The number of nitrogens with one attached hydrogen (secondary N) is 1. The second-order valence-electron chi connectivity index (χ2n) is 4.84. The second kappa shape index (κ2) is 9.80. The molecule has 0 atom stereocenters. The maximum atomic E-state index is 12.4. The zero-order valence-electron chi connectivity index (χ0n) is 13.5. The third kappa shape index (κ3) is 5.06. The highest BCUT2D eigenvalue weighted by atomic mass is 35.5. The fourth-order valence-electron chi connectivity index (χ4n) is 2.23. The minimum Gasteiger partial charge on any atom is -0.491 e. The van der Waals surface area contributed by atoms with E-state index >= 15 is 0 Å². The highest BCUT2D eigenvalue weighted by molar-refractivity contribution is 7.89. The van der Waals surface area contributed by atoms with Crippen molar-refractivity contribution in [3.8, 4) is 5.75 Å². The summed E-state index contributed by atoms with van der Waals surface area (Å²) in [6.07, 6.45) is 0. The Balaban J connectivity index is 0.00000288. The summed E-state index contributed by atoms with van der Waals surface area (Å²) in [6.45, 7) is 3.90. The van der Waals surface area contributed by atoms with Gasteiger partial charge in [-0.3, -0.25) is 0 Å². The molecule has 134 valence electrons. The zero-order valence-corrected chi connectivity index (χ0v) is 15.2. The van der Waals surface area contributed by atoms with Crippen LogP contribution in [0.2, 0.25) is 0 Å². The minimum atomic E-state index is -3.61. The van der Waals surface area contributed by atoms with Crippen LogP contribution in [0.1, 0.15) is 6.92 Å². The van der Waals surface area contributed by atoms with Gasteiger partial charge in [0, 0.05) is 30.5 Å². The third-order valence-corrected chi connectivity index (χ3v) is 4.78. The first kappa shape index (κ1) is 20.7. The number of fused-ring (bicyclic) bond motifs is 1. The molecule has 24 heavy (non-hydrogen) atoms. The quantitative estimate of drug-likeness (QED) is 0.654. The number of rotatable bonds is 9. The molecule has 0 radical (unpaired) electrons. The van der Waals surface area contributed by atoms with Crippen LogP contribution >= 0.6 is 12.4 Å². The molecule has 0 heterocycles. The highest BCUT2D eigenvalue weighted by Gasteiger charge is 2.18. The molecule has 8 heteroatoms. The maximum Gasteiger partial charge on any atom is 0.241 e. The van der Waals surface area contributed by atoms with Crippen LogP contribution in [0.4, 0.5) is 0 Å². The van der Waals surface area contributed by atoms with E-state index in [-0.39, 0.29) is 30.4 Å². The van der Waals surface area contributed by atoms with Crippen molar-refractivity contribution in [2.24, 2.45) is 5.73 Å². The Kier molecular flexibility index (Phi) is 8.44. The van der Waals surface area contributed by atoms with Crippen molar-refractivity contribution in [3.63, 3.8) is 0 Å². The van der Waals surface area contributed by atoms with Crippen LogP contribution in [0.15, 0.2) is 41.3 Å². The van der Waals surface area contributed by atoms with Gasteiger partial charge in [-0.25, -0.2) is 13.1 Å². The van der Waals surface area contributed by atoms with Gasteiger partial charge in [0.1, 0.15) is 12.4 Å². The van der Waals surface area contributed by atoms with E-state index in [2.05, 4.69) is 4.72 Å². The van der Waals surface area contributed by atoms with Crippen molar-refractivity contribution in [1.29, 1.82) is 0 Å². The van der Waals surface area contributed by atoms with Crippen molar-refractivity contribution in [3.05, 3.63) is 36.4 Å². The van der Waals surface area contributed by atoms with Gasteiger partial charge in [-0.15, -0.1) is 12.4 Å². The van der Waals surface area contributed by atoms with Gasteiger partial charge in [-0.2, -0.15) is 0 Å². The molecule has 0 amide bonds. The molecular formula is C16H23ClN2O4S. The van der Waals surface area contributed by atoms with E-state index in [0.29, 0.717) is 31.0 Å². The fraction of sp³-hybridized carbons (Fsp3) is 0.375. The van der Waals surface area contributed by atoms with E-state index < -0.39 is 10.0 Å². The van der Waals surface area contributed by atoms with Crippen LogP contribution in [0.25, 0.3) is 10.8 Å². The first-order valence-electron chi connectivity index (χ1n) is 7.52. The lowest BCUT2D eigenvalue weighted by atomic mass is 10.1. The van der Waals surface area contributed by atoms with Crippen LogP contribution in [0.5, 0.6) is 5.75 Å². The van der Waals surface area contributed by atoms with Crippen molar-refractivity contribution in [2.75, 3.05) is 32.9 Å². The molecule has 2 rings (SSSR count). The first-order chi connectivity index (χ1) is 11.1. The average molecular weight is 375 g/mol. The van der Waals surface area contributed by atoms with E-state index in [4.69, 9.17) is 15.2 Å². The van der Waals surface area contributed by atoms with Crippen molar-refractivity contribution in [1.82, 2.24) is 4.72 Å². The summed E-state index contributed by atoms with van der Waals surface area (Å²) in [6, 6.07) is 10.5. The van der Waals surface area contributed by atoms with Gasteiger partial charge < -0.3 is 15.2 Å². The molecule has 0 aliphatic heterocycles. The zero-order chi connectivity index (χ0) is 16.7. The van der Waals surface area contributed by atoms with Crippen LogP contribution < -0.4 is 15.2 Å². The molecular weight excluding hydrogens is 352 g/mol. The van der Waals surface area contributed by atoms with E-state index in [9.17, 15) is 8.42 Å². The summed E-state index contributed by atoms with van der Waals surface area (Å²) in [5.41, 5.74) is 5.37. The van der Waals surface area contributed by atoms with E-state index in [0.717, 1.165) is 5.39 Å². The van der Waals surface area contributed by atoms with Gasteiger partial charge in [0.15, 0.2) is 0 Å². The molecule has 0 bridgehead atoms. The lowest BCUT2D eigenvalue weighted by Crippen LogP contribution is -2.29. The van der Waals surface area contributed by atoms with Gasteiger partial charge in [0.25, 0.3) is 0 Å². The monoisotopic (exact) mass is 374 g/mol. The molecule has 0 aromatic heterocycles. The van der Waals surface area contributed by atoms with Crippen LogP contribution in [0.3, 0.4) is 0 Å². The molecule has 0 aliphatic rings. The average Bonchev–Trinajstić information content (AvgIpc) is 2.56. The molecule has 0 saturated carbocycles. The topological polar surface area (TPSA) is 90.6 Å². The summed E-state index contributed by atoms with van der Waals surface area (Å²) < 4.78 is 38.2. The van der Waals surface area contributed by atoms with Crippen LogP contribution in [-0.4, -0.2) is 41.3 Å². The van der Waals surface area contributed by atoms with E-state index in [1.165, 1.54) is 0 Å². The summed E-state index contributed by atoms with van der Waals surface area (Å²) in [5.74, 6) is 0.637. The van der Waals surface area contributed by atoms with Gasteiger partial charge in [0.05, 0.1) is 11.5 Å². The van der Waals surface area contributed by atoms with Crippen LogP contribution in [0, 0.1) is 0 Å². The van der Waals surface area contributed by atoms with Gasteiger partial charge in [-0.1, -0.05) is 24.3 Å². The van der Waals surface area contributed by atoms with E-state index in [1.807, 2.05) is 19.1 Å². The minimum absolute atomic E-state index is 0. The number of hydrogen-bond donors (Lipinski definition) is 2. The molecule has 6 nitrogen and oxygen atoms in total.